The van der Waals surface area contributed by atoms with E-state index < -0.39 is 0 Å². The summed E-state index contributed by atoms with van der Waals surface area (Å²) in [6.07, 6.45) is 1.61. The minimum Gasteiger partial charge on any atom is -0.508 e. The Morgan fingerprint density at radius 3 is 2.46 bits per heavy atom. The zero-order valence-electron chi connectivity index (χ0n) is 13.2. The van der Waals surface area contributed by atoms with Crippen LogP contribution in [0.2, 0.25) is 0 Å². The lowest BCUT2D eigenvalue weighted by Crippen LogP contribution is -2.17. The van der Waals surface area contributed by atoms with Crippen molar-refractivity contribution < 1.29 is 9.90 Å². The van der Waals surface area contributed by atoms with Gasteiger partial charge in [-0.25, -0.2) is 5.43 Å². The highest BCUT2D eigenvalue weighted by Crippen LogP contribution is 2.15. The van der Waals surface area contributed by atoms with Crippen LogP contribution in [-0.2, 0) is 0 Å². The van der Waals surface area contributed by atoms with Crippen LogP contribution in [0.15, 0.2) is 71.8 Å². The molecular weight excluding hydrogens is 302 g/mol. The summed E-state index contributed by atoms with van der Waals surface area (Å²) in [7, 11) is 0. The number of hydrogen-bond donors (Lipinski definition) is 2. The summed E-state index contributed by atoms with van der Waals surface area (Å²) < 4.78 is 2.05. The molecule has 0 aliphatic heterocycles. The Balaban J connectivity index is 1.76. The van der Waals surface area contributed by atoms with E-state index in [-0.39, 0.29) is 11.7 Å². The molecule has 0 aliphatic rings. The number of nitrogens with one attached hydrogen (secondary N) is 1. The second kappa shape index (κ2) is 6.83. The highest BCUT2D eigenvalue weighted by Gasteiger charge is 2.06. The lowest BCUT2D eigenvalue weighted by molar-refractivity contribution is 0.0955. The van der Waals surface area contributed by atoms with Crippen molar-refractivity contribution in [2.75, 3.05) is 0 Å². The van der Waals surface area contributed by atoms with E-state index in [2.05, 4.69) is 15.1 Å². The number of carbonyl (C=O) groups excluding carboxylic acids is 1. The first-order chi connectivity index (χ1) is 11.6. The minimum atomic E-state index is -0.333. The molecule has 3 aromatic rings. The van der Waals surface area contributed by atoms with E-state index in [0.29, 0.717) is 5.56 Å². The van der Waals surface area contributed by atoms with Crippen LogP contribution in [0.5, 0.6) is 5.75 Å². The number of hydrogen-bond acceptors (Lipinski definition) is 3. The average molecular weight is 319 g/mol. The van der Waals surface area contributed by atoms with Crippen LogP contribution >= 0.6 is 0 Å². The molecule has 0 spiro atoms. The molecule has 1 amide bonds. The topological polar surface area (TPSA) is 66.6 Å². The number of nitrogens with zero attached hydrogens (tertiary/aromatic N) is 2. The van der Waals surface area contributed by atoms with Crippen molar-refractivity contribution >= 4 is 12.1 Å². The van der Waals surface area contributed by atoms with E-state index in [1.165, 1.54) is 24.3 Å². The third-order valence-corrected chi connectivity index (χ3v) is 3.61. The van der Waals surface area contributed by atoms with Crippen molar-refractivity contribution in [3.05, 3.63) is 83.7 Å². The number of aryl methyl sites for hydroxylation is 1. The van der Waals surface area contributed by atoms with Crippen molar-refractivity contribution in [2.45, 2.75) is 6.92 Å². The largest absolute Gasteiger partial charge is 0.508 e. The van der Waals surface area contributed by atoms with Crippen LogP contribution in [0.25, 0.3) is 5.69 Å². The number of amides is 1. The van der Waals surface area contributed by atoms with Gasteiger partial charge in [0.25, 0.3) is 5.91 Å². The number of carbonyl (C=O) groups is 1. The first kappa shape index (κ1) is 15.6. The monoisotopic (exact) mass is 319 g/mol. The maximum atomic E-state index is 12.0. The van der Waals surface area contributed by atoms with Gasteiger partial charge < -0.3 is 9.67 Å². The summed E-state index contributed by atoms with van der Waals surface area (Å²) in [5.41, 5.74) is 5.90. The molecule has 0 unspecified atom stereocenters. The number of para-hydroxylation sites is 1. The predicted octanol–water partition coefficient (Wildman–Crippen LogP) is 3.26. The average Bonchev–Trinajstić information content (AvgIpc) is 2.97. The zero-order chi connectivity index (χ0) is 16.9. The van der Waals surface area contributed by atoms with E-state index in [4.69, 9.17) is 0 Å². The van der Waals surface area contributed by atoms with Crippen molar-refractivity contribution in [3.8, 4) is 11.4 Å². The van der Waals surface area contributed by atoms with Gasteiger partial charge in [-0.05, 0) is 55.5 Å². The van der Waals surface area contributed by atoms with E-state index >= 15 is 0 Å². The highest BCUT2D eigenvalue weighted by molar-refractivity contribution is 5.94. The third-order valence-electron chi connectivity index (χ3n) is 3.61. The van der Waals surface area contributed by atoms with Gasteiger partial charge in [-0.2, -0.15) is 5.10 Å². The lowest BCUT2D eigenvalue weighted by Gasteiger charge is -2.08. The van der Waals surface area contributed by atoms with Crippen LogP contribution in [-0.4, -0.2) is 21.8 Å². The van der Waals surface area contributed by atoms with Crippen LogP contribution in [0.4, 0.5) is 0 Å². The molecule has 1 aromatic heterocycles. The number of hydrazone groups is 1. The van der Waals surface area contributed by atoms with E-state index in [1.54, 1.807) is 6.21 Å². The Hall–Kier alpha value is -3.34. The van der Waals surface area contributed by atoms with E-state index in [1.807, 2.05) is 49.4 Å². The van der Waals surface area contributed by atoms with E-state index in [9.17, 15) is 9.90 Å². The molecule has 1 heterocycles. The molecule has 120 valence electrons. The molecular formula is C19H17N3O2. The molecule has 5 heteroatoms. The SMILES string of the molecule is Cc1ccc(/C=N/NC(=O)c2ccc(O)cc2)n1-c1ccccc1. The van der Waals surface area contributed by atoms with Gasteiger partial charge in [0.2, 0.25) is 0 Å². The first-order valence-corrected chi connectivity index (χ1v) is 7.51. The van der Waals surface area contributed by atoms with Gasteiger partial charge in [-0.1, -0.05) is 18.2 Å². The molecule has 0 atom stereocenters. The van der Waals surface area contributed by atoms with Crippen molar-refractivity contribution in [1.82, 2.24) is 9.99 Å². The lowest BCUT2D eigenvalue weighted by atomic mass is 10.2. The van der Waals surface area contributed by atoms with Crippen LogP contribution in [0.1, 0.15) is 21.7 Å². The standard InChI is InChI=1S/C19H17N3O2/c1-14-7-10-17(22(14)16-5-3-2-4-6-16)13-20-21-19(24)15-8-11-18(23)12-9-15/h2-13,23H,1H3,(H,21,24)/b20-13+. The molecule has 24 heavy (non-hydrogen) atoms. The number of aromatic nitrogens is 1. The summed E-state index contributed by atoms with van der Waals surface area (Å²) >= 11 is 0. The fourth-order valence-electron chi connectivity index (χ4n) is 2.42. The number of rotatable bonds is 4. The van der Waals surface area contributed by atoms with Gasteiger partial charge in [0.15, 0.2) is 0 Å². The minimum absolute atomic E-state index is 0.117. The summed E-state index contributed by atoms with van der Waals surface area (Å²) in [4.78, 5) is 12.0. The van der Waals surface area contributed by atoms with Gasteiger partial charge >= 0.3 is 0 Å². The summed E-state index contributed by atoms with van der Waals surface area (Å²) in [6.45, 7) is 2.01. The molecule has 0 saturated carbocycles. The molecule has 2 N–H and O–H groups in total. The molecule has 2 aromatic carbocycles. The summed E-state index contributed by atoms with van der Waals surface area (Å²) in [5.74, 6) is -0.216. The van der Waals surface area contributed by atoms with Gasteiger partial charge in [-0.3, -0.25) is 4.79 Å². The quantitative estimate of drug-likeness (QED) is 0.572. The molecule has 5 nitrogen and oxygen atoms in total. The van der Waals surface area contributed by atoms with Gasteiger partial charge in [-0.15, -0.1) is 0 Å². The second-order valence-corrected chi connectivity index (χ2v) is 5.32. The van der Waals surface area contributed by atoms with Gasteiger partial charge in [0, 0.05) is 16.9 Å². The van der Waals surface area contributed by atoms with Gasteiger partial charge in [0.1, 0.15) is 5.75 Å². The fraction of sp³-hybridized carbons (Fsp3) is 0.0526. The highest BCUT2D eigenvalue weighted by atomic mass is 16.3. The normalized spacial score (nSPS) is 10.9. The first-order valence-electron chi connectivity index (χ1n) is 7.51. The number of phenols is 1. The Morgan fingerprint density at radius 1 is 1.04 bits per heavy atom. The predicted molar refractivity (Wildman–Crippen MR) is 93.7 cm³/mol. The molecule has 0 saturated heterocycles. The Morgan fingerprint density at radius 2 is 1.75 bits per heavy atom. The summed E-state index contributed by atoms with van der Waals surface area (Å²) in [6, 6.07) is 19.9. The Bertz CT molecular complexity index is 865. The van der Waals surface area contributed by atoms with Crippen LogP contribution < -0.4 is 5.43 Å². The van der Waals surface area contributed by atoms with E-state index in [0.717, 1.165) is 17.1 Å². The van der Waals surface area contributed by atoms with Gasteiger partial charge in [0.05, 0.1) is 11.9 Å². The Labute approximate surface area is 139 Å². The van der Waals surface area contributed by atoms with Crippen molar-refractivity contribution in [3.63, 3.8) is 0 Å². The number of phenolic OH excluding ortho intramolecular Hbond substituents is 1. The van der Waals surface area contributed by atoms with Crippen molar-refractivity contribution in [1.29, 1.82) is 0 Å². The van der Waals surface area contributed by atoms with Crippen molar-refractivity contribution in [2.24, 2.45) is 5.10 Å². The number of benzene rings is 2. The number of aromatic hydroxyl groups is 1. The molecule has 3 rings (SSSR count). The summed E-state index contributed by atoms with van der Waals surface area (Å²) in [5, 5.41) is 13.3. The smallest absolute Gasteiger partial charge is 0.271 e. The maximum Gasteiger partial charge on any atom is 0.271 e. The van der Waals surface area contributed by atoms with Crippen LogP contribution in [0.3, 0.4) is 0 Å². The Kier molecular flexibility index (Phi) is 4.43. The second-order valence-electron chi connectivity index (χ2n) is 5.32. The molecule has 0 bridgehead atoms. The molecule has 0 fully saturated rings. The fourth-order valence-corrected chi connectivity index (χ4v) is 2.42. The maximum absolute atomic E-state index is 12.0. The molecule has 0 radical (unpaired) electrons. The van der Waals surface area contributed by atoms with Crippen LogP contribution in [0, 0.1) is 6.92 Å². The molecule has 0 aliphatic carbocycles. The zero-order valence-corrected chi connectivity index (χ0v) is 13.2. The third kappa shape index (κ3) is 3.35.